The van der Waals surface area contributed by atoms with Crippen molar-refractivity contribution in [3.8, 4) is 0 Å². The van der Waals surface area contributed by atoms with E-state index in [1.807, 2.05) is 27.2 Å². The van der Waals surface area contributed by atoms with Gasteiger partial charge in [-0.05, 0) is 57.8 Å². The molecule has 3 N–H and O–H groups in total. The molecule has 0 spiro atoms. The maximum atomic E-state index is 12.8. The highest BCUT2D eigenvalue weighted by atomic mass is 31.2. The van der Waals surface area contributed by atoms with Gasteiger partial charge >= 0.3 is 7.82 Å². The molecule has 54 heavy (non-hydrogen) atoms. The number of aliphatic hydroxyl groups excluding tert-OH is 1. The Morgan fingerprint density at radius 2 is 1.11 bits per heavy atom. The molecule has 8 nitrogen and oxygen atoms in total. The molecule has 0 aromatic heterocycles. The van der Waals surface area contributed by atoms with Crippen molar-refractivity contribution in [1.82, 2.24) is 5.32 Å². The summed E-state index contributed by atoms with van der Waals surface area (Å²) in [4.78, 5) is 23.0. The first-order valence-corrected chi connectivity index (χ1v) is 22.8. The Labute approximate surface area is 332 Å². The molecule has 0 saturated carbocycles. The fourth-order valence-electron chi connectivity index (χ4n) is 5.50. The van der Waals surface area contributed by atoms with Crippen LogP contribution in [0.25, 0.3) is 0 Å². The molecule has 0 heterocycles. The summed E-state index contributed by atoms with van der Waals surface area (Å²) in [5.74, 6) is -0.253. The van der Waals surface area contributed by atoms with Gasteiger partial charge in [-0.3, -0.25) is 13.8 Å². The summed E-state index contributed by atoms with van der Waals surface area (Å²) < 4.78 is 23.4. The lowest BCUT2D eigenvalue weighted by molar-refractivity contribution is -0.870. The van der Waals surface area contributed by atoms with E-state index in [9.17, 15) is 19.4 Å². The number of phosphoric ester groups is 1. The van der Waals surface area contributed by atoms with Crippen LogP contribution >= 0.6 is 7.82 Å². The number of hydrogen-bond acceptors (Lipinski definition) is 5. The van der Waals surface area contributed by atoms with E-state index in [1.54, 1.807) is 12.2 Å². The summed E-state index contributed by atoms with van der Waals surface area (Å²) in [5.41, 5.74) is 0. The minimum Gasteiger partial charge on any atom is -0.387 e. The molecule has 9 heteroatoms. The molecular formula is C45H82N2O6P+. The van der Waals surface area contributed by atoms with Crippen molar-refractivity contribution in [2.45, 2.75) is 167 Å². The van der Waals surface area contributed by atoms with Gasteiger partial charge in [-0.25, -0.2) is 4.57 Å². The second kappa shape index (κ2) is 36.6. The number of hydrogen-bond donors (Lipinski definition) is 3. The summed E-state index contributed by atoms with van der Waals surface area (Å²) in [6.07, 6.45) is 48.5. The average molecular weight is 778 g/mol. The van der Waals surface area contributed by atoms with Crippen molar-refractivity contribution >= 4 is 13.7 Å². The third kappa shape index (κ3) is 38.2. The summed E-state index contributed by atoms with van der Waals surface area (Å²) in [5, 5.41) is 13.7. The fourth-order valence-corrected chi connectivity index (χ4v) is 6.24. The van der Waals surface area contributed by atoms with Crippen molar-refractivity contribution in [2.24, 2.45) is 0 Å². The summed E-state index contributed by atoms with van der Waals surface area (Å²) in [6, 6.07) is -0.909. The van der Waals surface area contributed by atoms with Crippen molar-refractivity contribution in [3.05, 3.63) is 72.9 Å². The van der Waals surface area contributed by atoms with Crippen LogP contribution in [0.3, 0.4) is 0 Å². The van der Waals surface area contributed by atoms with Crippen molar-refractivity contribution in [1.29, 1.82) is 0 Å². The van der Waals surface area contributed by atoms with Crippen LogP contribution < -0.4 is 5.32 Å². The maximum absolute atomic E-state index is 12.8. The molecule has 1 unspecified atom stereocenters. The number of carbonyl (C=O) groups is 1. The molecule has 0 fully saturated rings. The molecular weight excluding hydrogens is 695 g/mol. The van der Waals surface area contributed by atoms with Gasteiger partial charge in [-0.2, -0.15) is 0 Å². The Morgan fingerprint density at radius 3 is 1.63 bits per heavy atom. The number of phosphoric acid groups is 1. The molecule has 312 valence electrons. The lowest BCUT2D eigenvalue weighted by atomic mass is 10.1. The molecule has 0 aromatic rings. The Balaban J connectivity index is 4.56. The van der Waals surface area contributed by atoms with Crippen LogP contribution in [-0.2, 0) is 18.4 Å². The van der Waals surface area contributed by atoms with Gasteiger partial charge in [0.15, 0.2) is 0 Å². The summed E-state index contributed by atoms with van der Waals surface area (Å²) in [6.45, 7) is 4.68. The average Bonchev–Trinajstić information content (AvgIpc) is 3.12. The highest BCUT2D eigenvalue weighted by Crippen LogP contribution is 2.43. The number of nitrogens with one attached hydrogen (secondary N) is 1. The Kier molecular flexibility index (Phi) is 35.2. The standard InChI is InChI=1S/C45H81N2O6P/c1-6-8-10-12-14-16-18-19-20-21-22-23-24-25-26-27-29-31-33-35-37-39-45(49)46-43(42-53-54(50,51)52-41-40-47(3,4)5)44(48)38-36-34-32-30-28-17-15-13-11-9-7-2/h20-21,23-24,26-27,31-34,36,38,43-44,48H,6-19,22,25,28-30,35,37,39-42H2,1-5H3,(H-,46,49,50,51)/p+1/b21-20+,24-23+,27-26+,33-31+,34-32+,38-36+/t43-,44+/m0/s1. The van der Waals surface area contributed by atoms with Gasteiger partial charge in [-0.15, -0.1) is 0 Å². The summed E-state index contributed by atoms with van der Waals surface area (Å²) in [7, 11) is 1.50. The van der Waals surface area contributed by atoms with Crippen LogP contribution in [0.5, 0.6) is 0 Å². The van der Waals surface area contributed by atoms with Crippen molar-refractivity contribution < 1.29 is 32.9 Å². The molecule has 0 aliphatic carbocycles. The minimum absolute atomic E-state index is 0.0396. The fraction of sp³-hybridized carbons (Fsp3) is 0.711. The molecule has 3 atom stereocenters. The Hall–Kier alpha value is -2.06. The third-order valence-electron chi connectivity index (χ3n) is 8.95. The Bertz CT molecular complexity index is 1110. The highest BCUT2D eigenvalue weighted by molar-refractivity contribution is 7.47. The SMILES string of the molecule is CCCCCCCCC/C=C/C=C/[C@@H](O)[C@H](COP(=O)(O)OCC[N+](C)(C)C)NC(=O)CCC/C=C/C/C=C/C/C=C/C/C=C/CCCCCCCCC. The third-order valence-corrected chi connectivity index (χ3v) is 9.94. The molecule has 1 amide bonds. The van der Waals surface area contributed by atoms with Crippen LogP contribution in [-0.4, -0.2) is 73.4 Å². The normalized spacial score (nSPS) is 15.2. The molecule has 0 aliphatic heterocycles. The number of aliphatic hydroxyl groups is 1. The number of nitrogens with zero attached hydrogens (tertiary/aromatic N) is 1. The van der Waals surface area contributed by atoms with Crippen molar-refractivity contribution in [2.75, 3.05) is 40.9 Å². The molecule has 0 radical (unpaired) electrons. The zero-order valence-electron chi connectivity index (χ0n) is 35.2. The number of unbranched alkanes of at least 4 members (excludes halogenated alkanes) is 15. The number of rotatable bonds is 37. The van der Waals surface area contributed by atoms with E-state index in [-0.39, 0.29) is 25.5 Å². The number of amides is 1. The first-order valence-electron chi connectivity index (χ1n) is 21.3. The van der Waals surface area contributed by atoms with Gasteiger partial charge in [0.05, 0.1) is 39.9 Å². The minimum atomic E-state index is -4.36. The van der Waals surface area contributed by atoms with Crippen LogP contribution in [0.15, 0.2) is 72.9 Å². The van der Waals surface area contributed by atoms with E-state index >= 15 is 0 Å². The number of likely N-dealkylation sites (N-methyl/N-ethyl adjacent to an activating group) is 1. The second-order valence-electron chi connectivity index (χ2n) is 15.4. The van der Waals surface area contributed by atoms with Gasteiger partial charge in [0.2, 0.25) is 5.91 Å². The van der Waals surface area contributed by atoms with E-state index < -0.39 is 20.0 Å². The zero-order valence-corrected chi connectivity index (χ0v) is 36.1. The lowest BCUT2D eigenvalue weighted by Gasteiger charge is -2.25. The summed E-state index contributed by atoms with van der Waals surface area (Å²) >= 11 is 0. The van der Waals surface area contributed by atoms with Gasteiger partial charge < -0.3 is 19.8 Å². The van der Waals surface area contributed by atoms with E-state index in [4.69, 9.17) is 9.05 Å². The van der Waals surface area contributed by atoms with Crippen molar-refractivity contribution in [3.63, 3.8) is 0 Å². The zero-order chi connectivity index (χ0) is 40.0. The number of carbonyl (C=O) groups excluding carboxylic acids is 1. The molecule has 0 aliphatic rings. The quantitative estimate of drug-likeness (QED) is 0.0191. The van der Waals surface area contributed by atoms with E-state index in [1.165, 1.54) is 89.9 Å². The highest BCUT2D eigenvalue weighted by Gasteiger charge is 2.27. The van der Waals surface area contributed by atoms with E-state index in [0.717, 1.165) is 38.5 Å². The monoisotopic (exact) mass is 778 g/mol. The molecule has 0 rings (SSSR count). The topological polar surface area (TPSA) is 105 Å². The van der Waals surface area contributed by atoms with Gasteiger partial charge in [-0.1, -0.05) is 164 Å². The maximum Gasteiger partial charge on any atom is 0.472 e. The van der Waals surface area contributed by atoms with E-state index in [2.05, 4.69) is 73.8 Å². The Morgan fingerprint density at radius 1 is 0.648 bits per heavy atom. The molecule has 0 bridgehead atoms. The predicted octanol–water partition coefficient (Wildman–Crippen LogP) is 11.6. The first-order chi connectivity index (χ1) is 26.0. The molecule has 0 aromatic carbocycles. The van der Waals surface area contributed by atoms with E-state index in [0.29, 0.717) is 17.4 Å². The van der Waals surface area contributed by atoms with Gasteiger partial charge in [0.25, 0.3) is 0 Å². The van der Waals surface area contributed by atoms with Crippen LogP contribution in [0.4, 0.5) is 0 Å². The van der Waals surface area contributed by atoms with Crippen LogP contribution in [0.1, 0.15) is 155 Å². The lowest BCUT2D eigenvalue weighted by Crippen LogP contribution is -2.45. The number of allylic oxidation sites excluding steroid dienone is 11. The van der Waals surface area contributed by atoms with Crippen LogP contribution in [0, 0.1) is 0 Å². The van der Waals surface area contributed by atoms with Crippen LogP contribution in [0.2, 0.25) is 0 Å². The van der Waals surface area contributed by atoms with Gasteiger partial charge in [0.1, 0.15) is 13.2 Å². The second-order valence-corrected chi connectivity index (χ2v) is 16.8. The number of quaternary nitrogens is 1. The smallest absolute Gasteiger partial charge is 0.387 e. The first kappa shape index (κ1) is 51.9. The largest absolute Gasteiger partial charge is 0.472 e. The predicted molar refractivity (Wildman–Crippen MR) is 230 cm³/mol. The van der Waals surface area contributed by atoms with Gasteiger partial charge in [0, 0.05) is 6.42 Å². The molecule has 0 saturated heterocycles.